The second-order valence-corrected chi connectivity index (χ2v) is 7.89. The molecule has 144 valence electrons. The fourth-order valence-corrected chi connectivity index (χ4v) is 3.36. The van der Waals surface area contributed by atoms with Gasteiger partial charge in [0.05, 0.1) is 24.1 Å². The van der Waals surface area contributed by atoms with Crippen molar-refractivity contribution in [1.82, 2.24) is 0 Å². The van der Waals surface area contributed by atoms with E-state index in [-0.39, 0.29) is 10.7 Å². The van der Waals surface area contributed by atoms with E-state index in [1.54, 1.807) is 0 Å². The number of hydrogen-bond donors (Lipinski definition) is 2. The van der Waals surface area contributed by atoms with Crippen molar-refractivity contribution >= 4 is 44.8 Å². The van der Waals surface area contributed by atoms with E-state index in [0.717, 1.165) is 10.6 Å². The van der Waals surface area contributed by atoms with Crippen LogP contribution in [0.25, 0.3) is 0 Å². The summed E-state index contributed by atoms with van der Waals surface area (Å²) in [5.41, 5.74) is 6.07. The number of sulfonamides is 1. The van der Waals surface area contributed by atoms with Gasteiger partial charge in [0.25, 0.3) is 0 Å². The molecule has 2 aromatic carbocycles. The Morgan fingerprint density at radius 2 is 1.81 bits per heavy atom. The highest BCUT2D eigenvalue weighted by molar-refractivity contribution is 7.92. The first kappa shape index (κ1) is 20.5. The molecule has 8 nitrogen and oxygen atoms in total. The van der Waals surface area contributed by atoms with Crippen LogP contribution in [0.2, 0.25) is 5.02 Å². The van der Waals surface area contributed by atoms with Crippen LogP contribution in [-0.2, 0) is 14.8 Å². The van der Waals surface area contributed by atoms with Gasteiger partial charge in [-0.1, -0.05) is 11.6 Å². The molecule has 0 unspecified atom stereocenters. The quantitative estimate of drug-likeness (QED) is 0.720. The molecule has 0 radical (unpaired) electrons. The van der Waals surface area contributed by atoms with Crippen LogP contribution >= 0.6 is 11.6 Å². The van der Waals surface area contributed by atoms with E-state index in [9.17, 15) is 18.0 Å². The van der Waals surface area contributed by atoms with Gasteiger partial charge in [0.15, 0.2) is 0 Å². The van der Waals surface area contributed by atoms with Crippen molar-refractivity contribution in [3.05, 3.63) is 53.1 Å². The molecule has 0 aliphatic carbocycles. The van der Waals surface area contributed by atoms with Crippen LogP contribution in [0, 0.1) is 0 Å². The molecule has 0 spiro atoms. The zero-order valence-electron chi connectivity index (χ0n) is 14.6. The number of nitrogens with two attached hydrogens (primary N) is 1. The Labute approximate surface area is 161 Å². The number of methoxy groups -OCH3 is 1. The molecule has 0 aliphatic rings. The molecule has 3 N–H and O–H groups in total. The summed E-state index contributed by atoms with van der Waals surface area (Å²) in [6, 6.07) is 10.3. The third-order valence-corrected chi connectivity index (χ3v) is 5.00. The van der Waals surface area contributed by atoms with Crippen molar-refractivity contribution in [2.75, 3.05) is 29.5 Å². The Hall–Kier alpha value is -2.78. The number of nitrogens with one attached hydrogen (secondary N) is 1. The first-order chi connectivity index (χ1) is 12.6. The second kappa shape index (κ2) is 8.28. The molecule has 0 bridgehead atoms. The fraction of sp³-hybridized carbons (Fsp3) is 0.176. The largest absolute Gasteiger partial charge is 0.495 e. The maximum atomic E-state index is 12.3. The van der Waals surface area contributed by atoms with Gasteiger partial charge >= 0.3 is 0 Å². The van der Waals surface area contributed by atoms with E-state index in [0.29, 0.717) is 17.0 Å². The van der Waals surface area contributed by atoms with Crippen molar-refractivity contribution in [3.8, 4) is 5.75 Å². The molecule has 0 saturated heterocycles. The molecule has 0 aromatic heterocycles. The first-order valence-electron chi connectivity index (χ1n) is 7.63. The van der Waals surface area contributed by atoms with Crippen LogP contribution in [0.4, 0.5) is 11.4 Å². The standard InChI is InChI=1S/C17H18ClN3O5S/c1-26-15-8-7-13(9-14(15)18)21(27(2,24)25)10-16(22)20-12-5-3-11(4-6-12)17(19)23/h3-9H,10H2,1-2H3,(H2,19,23)(H,20,22). The number of anilines is 2. The molecule has 0 aliphatic heterocycles. The SMILES string of the molecule is COc1ccc(N(CC(=O)Nc2ccc(C(N)=O)cc2)S(C)(=O)=O)cc1Cl. The summed E-state index contributed by atoms with van der Waals surface area (Å²) in [4.78, 5) is 23.4. The van der Waals surface area contributed by atoms with E-state index in [4.69, 9.17) is 22.1 Å². The number of primary amides is 1. The summed E-state index contributed by atoms with van der Waals surface area (Å²) in [6.07, 6.45) is 0.986. The molecule has 0 heterocycles. The Morgan fingerprint density at radius 1 is 1.19 bits per heavy atom. The van der Waals surface area contributed by atoms with E-state index < -0.39 is 28.4 Å². The highest BCUT2D eigenvalue weighted by Gasteiger charge is 2.22. The lowest BCUT2D eigenvalue weighted by molar-refractivity contribution is -0.114. The second-order valence-electron chi connectivity index (χ2n) is 5.58. The van der Waals surface area contributed by atoms with Crippen molar-refractivity contribution in [2.45, 2.75) is 0 Å². The smallest absolute Gasteiger partial charge is 0.248 e. The Bertz CT molecular complexity index is 961. The Balaban J connectivity index is 2.20. The maximum Gasteiger partial charge on any atom is 0.248 e. The van der Waals surface area contributed by atoms with E-state index in [2.05, 4.69) is 5.32 Å². The highest BCUT2D eigenvalue weighted by Crippen LogP contribution is 2.30. The maximum absolute atomic E-state index is 12.3. The van der Waals surface area contributed by atoms with E-state index in [1.165, 1.54) is 49.6 Å². The molecule has 27 heavy (non-hydrogen) atoms. The number of carbonyl (C=O) groups excluding carboxylic acids is 2. The number of hydrogen-bond acceptors (Lipinski definition) is 5. The zero-order valence-corrected chi connectivity index (χ0v) is 16.2. The van der Waals surface area contributed by atoms with Crippen molar-refractivity contribution in [1.29, 1.82) is 0 Å². The predicted molar refractivity (Wildman–Crippen MR) is 104 cm³/mol. The summed E-state index contributed by atoms with van der Waals surface area (Å²) >= 11 is 6.05. The lowest BCUT2D eigenvalue weighted by Gasteiger charge is -2.22. The molecule has 0 saturated carbocycles. The molecule has 2 amide bonds. The van der Waals surface area contributed by atoms with E-state index >= 15 is 0 Å². The zero-order chi connectivity index (χ0) is 20.2. The summed E-state index contributed by atoms with van der Waals surface area (Å²) in [7, 11) is -2.31. The predicted octanol–water partition coefficient (Wildman–Crippen LogP) is 1.85. The minimum atomic E-state index is -3.75. The van der Waals surface area contributed by atoms with Gasteiger partial charge in [0.1, 0.15) is 12.3 Å². The monoisotopic (exact) mass is 411 g/mol. The van der Waals surface area contributed by atoms with Crippen LogP contribution in [0.1, 0.15) is 10.4 Å². The van der Waals surface area contributed by atoms with Gasteiger partial charge in [0.2, 0.25) is 21.8 Å². The molecule has 0 atom stereocenters. The minimum absolute atomic E-state index is 0.214. The summed E-state index contributed by atoms with van der Waals surface area (Å²) in [6.45, 7) is -0.459. The number of amides is 2. The first-order valence-corrected chi connectivity index (χ1v) is 9.85. The Morgan fingerprint density at radius 3 is 2.30 bits per heavy atom. The van der Waals surface area contributed by atoms with Crippen LogP contribution < -0.4 is 20.1 Å². The van der Waals surface area contributed by atoms with Crippen LogP contribution in [0.15, 0.2) is 42.5 Å². The van der Waals surface area contributed by atoms with Gasteiger partial charge < -0.3 is 15.8 Å². The third-order valence-electron chi connectivity index (χ3n) is 3.56. The molecular formula is C17H18ClN3O5S. The van der Waals surface area contributed by atoms with Crippen LogP contribution in [-0.4, -0.2) is 40.1 Å². The number of rotatable bonds is 7. The number of benzene rings is 2. The molecule has 0 fully saturated rings. The van der Waals surface area contributed by atoms with Gasteiger partial charge in [-0.05, 0) is 42.5 Å². The molecule has 2 aromatic rings. The number of halogens is 1. The van der Waals surface area contributed by atoms with Gasteiger partial charge in [-0.15, -0.1) is 0 Å². The molecule has 10 heteroatoms. The Kier molecular flexibility index (Phi) is 6.29. The van der Waals surface area contributed by atoms with Gasteiger partial charge in [0, 0.05) is 11.3 Å². The summed E-state index contributed by atoms with van der Waals surface area (Å²) in [5, 5.41) is 2.78. The minimum Gasteiger partial charge on any atom is -0.495 e. The number of nitrogens with zero attached hydrogens (tertiary/aromatic N) is 1. The molecular weight excluding hydrogens is 394 g/mol. The van der Waals surface area contributed by atoms with Gasteiger partial charge in [-0.2, -0.15) is 0 Å². The fourth-order valence-electron chi connectivity index (χ4n) is 2.26. The van der Waals surface area contributed by atoms with Crippen molar-refractivity contribution < 1.29 is 22.7 Å². The van der Waals surface area contributed by atoms with Crippen molar-refractivity contribution in [3.63, 3.8) is 0 Å². The highest BCUT2D eigenvalue weighted by atomic mass is 35.5. The summed E-state index contributed by atoms with van der Waals surface area (Å²) in [5.74, 6) is -0.778. The summed E-state index contributed by atoms with van der Waals surface area (Å²) < 4.78 is 30.2. The number of ether oxygens (including phenoxy) is 1. The number of carbonyl (C=O) groups is 2. The third kappa shape index (κ3) is 5.35. The average molecular weight is 412 g/mol. The van der Waals surface area contributed by atoms with Crippen LogP contribution in [0.5, 0.6) is 5.75 Å². The van der Waals surface area contributed by atoms with Gasteiger partial charge in [-0.3, -0.25) is 13.9 Å². The normalized spacial score (nSPS) is 10.9. The molecule has 2 rings (SSSR count). The lowest BCUT2D eigenvalue weighted by atomic mass is 10.2. The van der Waals surface area contributed by atoms with Crippen LogP contribution in [0.3, 0.4) is 0 Å². The van der Waals surface area contributed by atoms with Gasteiger partial charge in [-0.25, -0.2) is 8.42 Å². The lowest BCUT2D eigenvalue weighted by Crippen LogP contribution is -2.37. The van der Waals surface area contributed by atoms with Crippen molar-refractivity contribution in [2.24, 2.45) is 5.73 Å². The van der Waals surface area contributed by atoms with E-state index in [1.807, 2.05) is 0 Å². The topological polar surface area (TPSA) is 119 Å². The average Bonchev–Trinajstić information content (AvgIpc) is 2.59.